The van der Waals surface area contributed by atoms with Crippen LogP contribution in [0, 0.1) is 0 Å². The van der Waals surface area contributed by atoms with Crippen LogP contribution in [0.25, 0.3) is 0 Å². The van der Waals surface area contributed by atoms with Crippen LogP contribution in [0.15, 0.2) is 72.8 Å². The molecule has 1 aliphatic heterocycles. The number of carbonyl (C=O) groups excluding carboxylic acids is 1. The van der Waals surface area contributed by atoms with Crippen molar-refractivity contribution in [2.75, 3.05) is 13.2 Å². The molecule has 0 bridgehead atoms. The van der Waals surface area contributed by atoms with Gasteiger partial charge in [-0.15, -0.1) is 0 Å². The summed E-state index contributed by atoms with van der Waals surface area (Å²) >= 11 is 0. The second-order valence-corrected chi connectivity index (χ2v) is 6.72. The molecule has 0 fully saturated rings. The van der Waals surface area contributed by atoms with Crippen molar-refractivity contribution in [2.45, 2.75) is 38.7 Å². The van der Waals surface area contributed by atoms with Crippen molar-refractivity contribution in [1.82, 2.24) is 4.90 Å². The number of nitrogens with zero attached hydrogens (tertiary/aromatic N) is 1. The van der Waals surface area contributed by atoms with Crippen LogP contribution in [0.4, 0.5) is 0 Å². The van der Waals surface area contributed by atoms with Crippen LogP contribution in [0.3, 0.4) is 0 Å². The van der Waals surface area contributed by atoms with Gasteiger partial charge in [-0.05, 0) is 23.6 Å². The minimum atomic E-state index is -0.176. The Morgan fingerprint density at radius 1 is 0.926 bits per heavy atom. The first-order valence-corrected chi connectivity index (χ1v) is 9.54. The fraction of sp³-hybridized carbons (Fsp3) is 0.348. The third kappa shape index (κ3) is 5.52. The second kappa shape index (κ2) is 10.0. The zero-order valence-corrected chi connectivity index (χ0v) is 15.8. The van der Waals surface area contributed by atoms with Crippen LogP contribution < -0.4 is 0 Å². The lowest BCUT2D eigenvalue weighted by Gasteiger charge is -2.37. The summed E-state index contributed by atoms with van der Waals surface area (Å²) in [4.78, 5) is 14.3. The van der Waals surface area contributed by atoms with Crippen molar-refractivity contribution in [3.05, 3.63) is 83.9 Å². The lowest BCUT2D eigenvalue weighted by atomic mass is 10.0. The van der Waals surface area contributed by atoms with Crippen molar-refractivity contribution >= 4 is 5.91 Å². The number of rotatable bonds is 9. The minimum Gasteiger partial charge on any atom is -0.375 e. The molecular weight excluding hydrogens is 338 g/mol. The second-order valence-electron chi connectivity index (χ2n) is 6.72. The Bertz CT molecular complexity index is 730. The molecule has 1 aliphatic rings. The summed E-state index contributed by atoms with van der Waals surface area (Å²) in [5.41, 5.74) is 2.24. The largest absolute Gasteiger partial charge is 0.375 e. The lowest BCUT2D eigenvalue weighted by molar-refractivity contribution is -0.136. The first-order valence-electron chi connectivity index (χ1n) is 9.54. The molecule has 142 valence electrons. The van der Waals surface area contributed by atoms with Crippen LogP contribution in [0.5, 0.6) is 0 Å². The van der Waals surface area contributed by atoms with E-state index < -0.39 is 0 Å². The maximum Gasteiger partial charge on any atom is 0.246 e. The molecule has 3 rings (SSSR count). The number of amides is 1. The lowest BCUT2D eigenvalue weighted by Crippen LogP contribution is -2.52. The maximum atomic E-state index is 12.4. The van der Waals surface area contributed by atoms with Gasteiger partial charge in [-0.25, -0.2) is 0 Å². The van der Waals surface area contributed by atoms with Gasteiger partial charge in [-0.1, -0.05) is 67.6 Å². The Hall–Kier alpha value is -2.43. The van der Waals surface area contributed by atoms with E-state index in [0.29, 0.717) is 26.4 Å². The molecule has 0 aliphatic carbocycles. The highest BCUT2D eigenvalue weighted by atomic mass is 16.5. The standard InChI is InChI=1S/C23H27NO3/c1-2-15-24-21(18-26-16-19-9-5-3-6-10-19)22(13-14-23(24)25)27-17-20-11-7-4-8-12-20/h3-14,21-22H,2,15-18H2,1H3. The van der Waals surface area contributed by atoms with Gasteiger partial charge in [-0.3, -0.25) is 4.79 Å². The van der Waals surface area contributed by atoms with Crippen LogP contribution in [-0.2, 0) is 27.5 Å². The molecule has 4 heteroatoms. The molecule has 0 saturated heterocycles. The highest BCUT2D eigenvalue weighted by Crippen LogP contribution is 2.19. The number of hydrogen-bond donors (Lipinski definition) is 0. The predicted molar refractivity (Wildman–Crippen MR) is 106 cm³/mol. The Kier molecular flexibility index (Phi) is 7.19. The van der Waals surface area contributed by atoms with Gasteiger partial charge in [0, 0.05) is 12.6 Å². The van der Waals surface area contributed by atoms with E-state index in [-0.39, 0.29) is 18.1 Å². The molecule has 0 radical (unpaired) electrons. The summed E-state index contributed by atoms with van der Waals surface area (Å²) in [5, 5.41) is 0. The average molecular weight is 365 g/mol. The Balaban J connectivity index is 1.64. The molecule has 0 spiro atoms. The topological polar surface area (TPSA) is 38.8 Å². The van der Waals surface area contributed by atoms with E-state index in [0.717, 1.165) is 17.5 Å². The van der Waals surface area contributed by atoms with Gasteiger partial charge in [-0.2, -0.15) is 0 Å². The molecule has 27 heavy (non-hydrogen) atoms. The summed E-state index contributed by atoms with van der Waals surface area (Å²) in [6.07, 6.45) is 4.22. The fourth-order valence-electron chi connectivity index (χ4n) is 3.25. The third-order valence-corrected chi connectivity index (χ3v) is 4.64. The summed E-state index contributed by atoms with van der Waals surface area (Å²) in [6, 6.07) is 20.0. The van der Waals surface area contributed by atoms with Gasteiger partial charge in [0.25, 0.3) is 0 Å². The molecule has 2 unspecified atom stereocenters. The molecular formula is C23H27NO3. The zero-order chi connectivity index (χ0) is 18.9. The summed E-state index contributed by atoms with van der Waals surface area (Å²) < 4.78 is 12.1. The Morgan fingerprint density at radius 2 is 1.56 bits per heavy atom. The van der Waals surface area contributed by atoms with Crippen molar-refractivity contribution in [2.24, 2.45) is 0 Å². The average Bonchev–Trinajstić information content (AvgIpc) is 2.71. The maximum absolute atomic E-state index is 12.4. The van der Waals surface area contributed by atoms with Gasteiger partial charge in [0.05, 0.1) is 32.0 Å². The monoisotopic (exact) mass is 365 g/mol. The van der Waals surface area contributed by atoms with Gasteiger partial charge >= 0.3 is 0 Å². The van der Waals surface area contributed by atoms with Gasteiger partial charge in [0.1, 0.15) is 0 Å². The van der Waals surface area contributed by atoms with E-state index in [4.69, 9.17) is 9.47 Å². The van der Waals surface area contributed by atoms with E-state index >= 15 is 0 Å². The fourth-order valence-corrected chi connectivity index (χ4v) is 3.25. The molecule has 2 atom stereocenters. The normalized spacial score (nSPS) is 19.4. The predicted octanol–water partition coefficient (Wildman–Crippen LogP) is 3.97. The summed E-state index contributed by atoms with van der Waals surface area (Å²) in [5.74, 6) is 0.0322. The molecule has 2 aromatic rings. The van der Waals surface area contributed by atoms with Crippen LogP contribution >= 0.6 is 0 Å². The van der Waals surface area contributed by atoms with Crippen molar-refractivity contribution < 1.29 is 14.3 Å². The SMILES string of the molecule is CCCN1C(=O)C=CC(OCc2ccccc2)C1COCc1ccccc1. The van der Waals surface area contributed by atoms with Crippen LogP contribution in [-0.4, -0.2) is 36.1 Å². The van der Waals surface area contributed by atoms with Gasteiger partial charge in [0.2, 0.25) is 5.91 Å². The van der Waals surface area contributed by atoms with E-state index in [1.54, 1.807) is 6.08 Å². The number of carbonyl (C=O) groups is 1. The Morgan fingerprint density at radius 3 is 2.19 bits per heavy atom. The molecule has 2 aromatic carbocycles. The highest BCUT2D eigenvalue weighted by molar-refractivity contribution is 5.89. The molecule has 1 amide bonds. The number of ether oxygens (including phenoxy) is 2. The van der Waals surface area contributed by atoms with E-state index in [1.165, 1.54) is 0 Å². The quantitative estimate of drug-likeness (QED) is 0.675. The minimum absolute atomic E-state index is 0.0322. The van der Waals surface area contributed by atoms with Crippen LogP contribution in [0.1, 0.15) is 24.5 Å². The molecule has 0 saturated carbocycles. The zero-order valence-electron chi connectivity index (χ0n) is 15.8. The van der Waals surface area contributed by atoms with Crippen molar-refractivity contribution in [1.29, 1.82) is 0 Å². The van der Waals surface area contributed by atoms with E-state index in [1.807, 2.05) is 71.6 Å². The molecule has 0 aromatic heterocycles. The van der Waals surface area contributed by atoms with E-state index in [2.05, 4.69) is 6.92 Å². The first kappa shape index (κ1) is 19.3. The first-order chi connectivity index (χ1) is 13.3. The molecule has 1 heterocycles. The van der Waals surface area contributed by atoms with Crippen LogP contribution in [0.2, 0.25) is 0 Å². The van der Waals surface area contributed by atoms with E-state index in [9.17, 15) is 4.79 Å². The number of hydrogen-bond acceptors (Lipinski definition) is 3. The highest BCUT2D eigenvalue weighted by Gasteiger charge is 2.32. The smallest absolute Gasteiger partial charge is 0.246 e. The third-order valence-electron chi connectivity index (χ3n) is 4.64. The number of benzene rings is 2. The van der Waals surface area contributed by atoms with Crippen molar-refractivity contribution in [3.63, 3.8) is 0 Å². The molecule has 4 nitrogen and oxygen atoms in total. The van der Waals surface area contributed by atoms with Gasteiger partial charge in [0.15, 0.2) is 0 Å². The van der Waals surface area contributed by atoms with Gasteiger partial charge < -0.3 is 14.4 Å². The summed E-state index contributed by atoms with van der Waals surface area (Å²) in [6.45, 7) is 4.27. The van der Waals surface area contributed by atoms with Crippen molar-refractivity contribution in [3.8, 4) is 0 Å². The molecule has 0 N–H and O–H groups in total. The Labute approximate surface area is 161 Å². The summed E-state index contributed by atoms with van der Waals surface area (Å²) in [7, 11) is 0.